The minimum Gasteiger partial charge on any atom is -0.494 e. The zero-order valence-corrected chi connectivity index (χ0v) is 18.1. The average Bonchev–Trinajstić information content (AvgIpc) is 3.28. The number of thiazole rings is 1. The fourth-order valence-electron chi connectivity index (χ4n) is 3.35. The molecule has 6 nitrogen and oxygen atoms in total. The van der Waals surface area contributed by atoms with Crippen LogP contribution in [0.1, 0.15) is 30.3 Å². The third-order valence-electron chi connectivity index (χ3n) is 4.75. The lowest BCUT2D eigenvalue weighted by molar-refractivity contribution is -0.116. The standard InChI is InChI=1S/C23H24N4O2S/c1-4-29-19-10-11-20-21(14-19)30-23(24-20)25-22(28)12-7-17-5-8-18(9-6-17)27-16(3)13-15(2)26-27/h5-6,8-11,13-14H,4,7,12H2,1-3H3,(H,24,25,28). The molecule has 0 saturated carbocycles. The second kappa shape index (κ2) is 8.67. The number of amides is 1. The Morgan fingerprint density at radius 2 is 1.93 bits per heavy atom. The molecule has 30 heavy (non-hydrogen) atoms. The molecule has 7 heteroatoms. The van der Waals surface area contributed by atoms with Crippen LogP contribution in [-0.2, 0) is 11.2 Å². The molecule has 0 saturated heterocycles. The number of benzene rings is 2. The molecule has 154 valence electrons. The van der Waals surface area contributed by atoms with Crippen LogP contribution in [0.2, 0.25) is 0 Å². The van der Waals surface area contributed by atoms with Crippen molar-refractivity contribution in [2.24, 2.45) is 0 Å². The summed E-state index contributed by atoms with van der Waals surface area (Å²) in [4.78, 5) is 16.9. The van der Waals surface area contributed by atoms with E-state index in [9.17, 15) is 4.79 Å². The maximum atomic E-state index is 12.4. The molecule has 0 radical (unpaired) electrons. The molecule has 0 aliphatic rings. The van der Waals surface area contributed by atoms with E-state index < -0.39 is 0 Å². The minimum absolute atomic E-state index is 0.0401. The summed E-state index contributed by atoms with van der Waals surface area (Å²) in [6.07, 6.45) is 1.07. The molecule has 0 atom stereocenters. The highest BCUT2D eigenvalue weighted by atomic mass is 32.1. The van der Waals surface area contributed by atoms with Crippen molar-refractivity contribution in [3.05, 3.63) is 65.5 Å². The van der Waals surface area contributed by atoms with Crippen molar-refractivity contribution in [2.45, 2.75) is 33.6 Å². The van der Waals surface area contributed by atoms with Crippen molar-refractivity contribution < 1.29 is 9.53 Å². The van der Waals surface area contributed by atoms with Gasteiger partial charge < -0.3 is 10.1 Å². The molecule has 4 rings (SSSR count). The third-order valence-corrected chi connectivity index (χ3v) is 5.68. The smallest absolute Gasteiger partial charge is 0.226 e. The summed E-state index contributed by atoms with van der Waals surface area (Å²) in [6.45, 7) is 6.60. The van der Waals surface area contributed by atoms with Gasteiger partial charge in [-0.1, -0.05) is 23.5 Å². The van der Waals surface area contributed by atoms with Gasteiger partial charge >= 0.3 is 0 Å². The van der Waals surface area contributed by atoms with Crippen LogP contribution in [0, 0.1) is 13.8 Å². The molecule has 1 N–H and O–H groups in total. The zero-order chi connectivity index (χ0) is 21.1. The SMILES string of the molecule is CCOc1ccc2nc(NC(=O)CCc3ccc(-n4nc(C)cc4C)cc3)sc2c1. The van der Waals surface area contributed by atoms with E-state index in [-0.39, 0.29) is 5.91 Å². The Morgan fingerprint density at radius 1 is 1.13 bits per heavy atom. The first-order valence-corrected chi connectivity index (χ1v) is 10.8. The molecule has 0 unspecified atom stereocenters. The van der Waals surface area contributed by atoms with Gasteiger partial charge in [0.25, 0.3) is 0 Å². The van der Waals surface area contributed by atoms with Gasteiger partial charge in [-0.15, -0.1) is 0 Å². The number of fused-ring (bicyclic) bond motifs is 1. The van der Waals surface area contributed by atoms with Crippen molar-refractivity contribution in [1.82, 2.24) is 14.8 Å². The van der Waals surface area contributed by atoms with E-state index in [0.717, 1.165) is 38.6 Å². The number of anilines is 1. The summed E-state index contributed by atoms with van der Waals surface area (Å²) >= 11 is 1.46. The van der Waals surface area contributed by atoms with E-state index in [4.69, 9.17) is 4.74 Å². The Kier molecular flexibility index (Phi) is 5.81. The van der Waals surface area contributed by atoms with Gasteiger partial charge in [-0.2, -0.15) is 5.10 Å². The zero-order valence-electron chi connectivity index (χ0n) is 17.3. The number of nitrogens with one attached hydrogen (secondary N) is 1. The van der Waals surface area contributed by atoms with Crippen LogP contribution in [-0.4, -0.2) is 27.3 Å². The molecule has 2 heterocycles. The van der Waals surface area contributed by atoms with Crippen molar-refractivity contribution >= 4 is 32.6 Å². The first-order valence-electron chi connectivity index (χ1n) is 9.97. The summed E-state index contributed by atoms with van der Waals surface area (Å²) in [6, 6.07) is 16.0. The monoisotopic (exact) mass is 420 g/mol. The van der Waals surface area contributed by atoms with E-state index in [0.29, 0.717) is 24.6 Å². The largest absolute Gasteiger partial charge is 0.494 e. The summed E-state index contributed by atoms with van der Waals surface area (Å²) < 4.78 is 8.45. The highest BCUT2D eigenvalue weighted by molar-refractivity contribution is 7.22. The minimum atomic E-state index is -0.0401. The lowest BCUT2D eigenvalue weighted by Gasteiger charge is -2.06. The van der Waals surface area contributed by atoms with Gasteiger partial charge in [0, 0.05) is 12.1 Å². The van der Waals surface area contributed by atoms with Crippen LogP contribution >= 0.6 is 11.3 Å². The van der Waals surface area contributed by atoms with Gasteiger partial charge in [0.2, 0.25) is 5.91 Å². The van der Waals surface area contributed by atoms with Crippen LogP contribution < -0.4 is 10.1 Å². The van der Waals surface area contributed by atoms with Gasteiger partial charge in [0.1, 0.15) is 5.75 Å². The Labute approximate surface area is 179 Å². The first kappa shape index (κ1) is 20.1. The van der Waals surface area contributed by atoms with Crippen molar-refractivity contribution in [1.29, 1.82) is 0 Å². The molecule has 0 spiro atoms. The molecular weight excluding hydrogens is 396 g/mol. The number of aryl methyl sites for hydroxylation is 3. The predicted octanol–water partition coefficient (Wildman–Crippen LogP) is 5.07. The highest BCUT2D eigenvalue weighted by Crippen LogP contribution is 2.29. The quantitative estimate of drug-likeness (QED) is 0.453. The van der Waals surface area contributed by atoms with Crippen molar-refractivity contribution in [3.8, 4) is 11.4 Å². The van der Waals surface area contributed by atoms with E-state index in [1.54, 1.807) is 0 Å². The molecule has 1 amide bonds. The number of aromatic nitrogens is 3. The Bertz CT molecular complexity index is 1180. The number of hydrogen-bond acceptors (Lipinski definition) is 5. The molecule has 0 aliphatic heterocycles. The number of nitrogens with zero attached hydrogens (tertiary/aromatic N) is 3. The molecular formula is C23H24N4O2S. The lowest BCUT2D eigenvalue weighted by atomic mass is 10.1. The Morgan fingerprint density at radius 3 is 2.63 bits per heavy atom. The molecule has 0 bridgehead atoms. The number of ether oxygens (including phenoxy) is 1. The average molecular weight is 421 g/mol. The molecule has 2 aromatic heterocycles. The van der Waals surface area contributed by atoms with Crippen LogP contribution in [0.3, 0.4) is 0 Å². The summed E-state index contributed by atoms with van der Waals surface area (Å²) in [5.41, 5.74) is 5.09. The third kappa shape index (κ3) is 4.52. The van der Waals surface area contributed by atoms with Gasteiger partial charge in [-0.25, -0.2) is 9.67 Å². The second-order valence-corrected chi connectivity index (χ2v) is 8.17. The Hall–Kier alpha value is -3.19. The first-order chi connectivity index (χ1) is 14.5. The molecule has 0 fully saturated rings. The van der Waals surface area contributed by atoms with Crippen LogP contribution in [0.15, 0.2) is 48.5 Å². The number of hydrogen-bond donors (Lipinski definition) is 1. The maximum absolute atomic E-state index is 12.4. The van der Waals surface area contributed by atoms with Crippen LogP contribution in [0.25, 0.3) is 15.9 Å². The normalized spacial score (nSPS) is 11.0. The number of rotatable bonds is 7. The number of carbonyl (C=O) groups excluding carboxylic acids is 1. The summed E-state index contributed by atoms with van der Waals surface area (Å²) in [7, 11) is 0. The van der Waals surface area contributed by atoms with Gasteiger partial charge in [0.05, 0.1) is 28.2 Å². The van der Waals surface area contributed by atoms with Gasteiger partial charge in [-0.3, -0.25) is 4.79 Å². The topological polar surface area (TPSA) is 69.0 Å². The fourth-order valence-corrected chi connectivity index (χ4v) is 4.26. The summed E-state index contributed by atoms with van der Waals surface area (Å²) in [5, 5.41) is 8.03. The van der Waals surface area contributed by atoms with E-state index in [1.807, 2.05) is 67.9 Å². The van der Waals surface area contributed by atoms with Crippen LogP contribution in [0.4, 0.5) is 5.13 Å². The molecule has 2 aromatic carbocycles. The Balaban J connectivity index is 1.35. The predicted molar refractivity (Wildman–Crippen MR) is 121 cm³/mol. The van der Waals surface area contributed by atoms with E-state index in [2.05, 4.69) is 21.5 Å². The van der Waals surface area contributed by atoms with Crippen LogP contribution in [0.5, 0.6) is 5.75 Å². The fraction of sp³-hybridized carbons (Fsp3) is 0.261. The molecule has 0 aliphatic carbocycles. The van der Waals surface area contributed by atoms with E-state index >= 15 is 0 Å². The van der Waals surface area contributed by atoms with E-state index in [1.165, 1.54) is 11.3 Å². The van der Waals surface area contributed by atoms with Gasteiger partial charge in [-0.05, 0) is 69.2 Å². The number of carbonyl (C=O) groups is 1. The van der Waals surface area contributed by atoms with Gasteiger partial charge in [0.15, 0.2) is 5.13 Å². The van der Waals surface area contributed by atoms with Crippen molar-refractivity contribution in [2.75, 3.05) is 11.9 Å². The molecule has 4 aromatic rings. The lowest BCUT2D eigenvalue weighted by Crippen LogP contribution is -2.12. The van der Waals surface area contributed by atoms with Crippen molar-refractivity contribution in [3.63, 3.8) is 0 Å². The maximum Gasteiger partial charge on any atom is 0.226 e. The second-order valence-electron chi connectivity index (χ2n) is 7.14. The highest BCUT2D eigenvalue weighted by Gasteiger charge is 2.10. The summed E-state index contributed by atoms with van der Waals surface area (Å²) in [5.74, 6) is 0.775.